The molecule has 8 nitrogen and oxygen atoms in total. The van der Waals surface area contributed by atoms with Crippen molar-refractivity contribution in [2.75, 3.05) is 0 Å². The van der Waals surface area contributed by atoms with Crippen LogP contribution >= 0.6 is 0 Å². The van der Waals surface area contributed by atoms with Gasteiger partial charge < -0.3 is 4.42 Å². The SMILES string of the molecule is Cc1ccc(-n2nc(C(=O)N/N=C/c3ccco3)c(C)c(C#N)c2=O)cc1C. The number of benzene rings is 1. The van der Waals surface area contributed by atoms with Gasteiger partial charge in [0, 0.05) is 5.56 Å². The molecule has 1 N–H and O–H groups in total. The second-order valence-electron chi connectivity index (χ2n) is 6.16. The Bertz CT molecular complexity index is 1170. The lowest BCUT2D eigenvalue weighted by atomic mass is 10.1. The Hall–Kier alpha value is -3.99. The van der Waals surface area contributed by atoms with Gasteiger partial charge in [-0.05, 0) is 56.2 Å². The summed E-state index contributed by atoms with van der Waals surface area (Å²) in [6.45, 7) is 5.35. The number of amides is 1. The summed E-state index contributed by atoms with van der Waals surface area (Å²) >= 11 is 0. The third-order valence-corrected chi connectivity index (χ3v) is 4.30. The van der Waals surface area contributed by atoms with Crippen LogP contribution in [0.4, 0.5) is 0 Å². The zero-order valence-corrected chi connectivity index (χ0v) is 15.6. The molecule has 0 unspecified atom stereocenters. The van der Waals surface area contributed by atoms with Crippen molar-refractivity contribution in [3.63, 3.8) is 0 Å². The van der Waals surface area contributed by atoms with Crippen LogP contribution in [0.3, 0.4) is 0 Å². The van der Waals surface area contributed by atoms with Gasteiger partial charge in [-0.15, -0.1) is 0 Å². The Balaban J connectivity index is 2.03. The molecule has 0 atom stereocenters. The van der Waals surface area contributed by atoms with Gasteiger partial charge in [-0.1, -0.05) is 6.07 Å². The number of carbonyl (C=O) groups excluding carboxylic acids is 1. The number of nitriles is 1. The van der Waals surface area contributed by atoms with Crippen molar-refractivity contribution in [3.8, 4) is 11.8 Å². The fourth-order valence-corrected chi connectivity index (χ4v) is 2.56. The normalized spacial score (nSPS) is 10.8. The highest BCUT2D eigenvalue weighted by atomic mass is 16.3. The number of furan rings is 1. The molecule has 0 radical (unpaired) electrons. The minimum absolute atomic E-state index is 0.0639. The molecule has 0 saturated heterocycles. The second kappa shape index (κ2) is 7.72. The van der Waals surface area contributed by atoms with Crippen molar-refractivity contribution in [2.24, 2.45) is 5.10 Å². The quantitative estimate of drug-likeness (QED) is 0.556. The molecule has 2 heterocycles. The van der Waals surface area contributed by atoms with Gasteiger partial charge in [-0.2, -0.15) is 20.1 Å². The summed E-state index contributed by atoms with van der Waals surface area (Å²) in [4.78, 5) is 25.2. The average molecular weight is 375 g/mol. The summed E-state index contributed by atoms with van der Waals surface area (Å²) in [5.74, 6) is -0.183. The molecule has 8 heteroatoms. The lowest BCUT2D eigenvalue weighted by Crippen LogP contribution is -2.31. The highest BCUT2D eigenvalue weighted by Crippen LogP contribution is 2.14. The average Bonchev–Trinajstić information content (AvgIpc) is 3.18. The number of nitrogens with one attached hydrogen (secondary N) is 1. The summed E-state index contributed by atoms with van der Waals surface area (Å²) in [7, 11) is 0. The van der Waals surface area contributed by atoms with E-state index in [4.69, 9.17) is 4.42 Å². The third-order valence-electron chi connectivity index (χ3n) is 4.30. The number of carbonyl (C=O) groups is 1. The minimum atomic E-state index is -0.644. The molecule has 0 bridgehead atoms. The number of nitrogens with zero attached hydrogens (tertiary/aromatic N) is 4. The van der Waals surface area contributed by atoms with Crippen LogP contribution in [0, 0.1) is 32.1 Å². The lowest BCUT2D eigenvalue weighted by Gasteiger charge is -2.11. The first-order valence-corrected chi connectivity index (χ1v) is 8.41. The van der Waals surface area contributed by atoms with E-state index in [1.165, 1.54) is 19.4 Å². The zero-order valence-electron chi connectivity index (χ0n) is 15.6. The first-order chi connectivity index (χ1) is 13.4. The summed E-state index contributed by atoms with van der Waals surface area (Å²) in [6.07, 6.45) is 2.81. The maximum atomic E-state index is 12.7. The molecule has 3 rings (SSSR count). The van der Waals surface area contributed by atoms with E-state index in [2.05, 4.69) is 15.6 Å². The fourth-order valence-electron chi connectivity index (χ4n) is 2.56. The molecule has 140 valence electrons. The molecule has 0 saturated carbocycles. The molecular formula is C20H17N5O3. The Labute approximate surface area is 160 Å². The van der Waals surface area contributed by atoms with E-state index in [0.717, 1.165) is 15.8 Å². The summed E-state index contributed by atoms with van der Waals surface area (Å²) in [5, 5.41) is 17.4. The minimum Gasteiger partial charge on any atom is -0.463 e. The van der Waals surface area contributed by atoms with Gasteiger partial charge in [0.25, 0.3) is 11.5 Å². The van der Waals surface area contributed by atoms with Crippen LogP contribution in [0.2, 0.25) is 0 Å². The highest BCUT2D eigenvalue weighted by Gasteiger charge is 2.20. The van der Waals surface area contributed by atoms with Crippen molar-refractivity contribution < 1.29 is 9.21 Å². The van der Waals surface area contributed by atoms with Gasteiger partial charge in [0.1, 0.15) is 17.4 Å². The fraction of sp³-hybridized carbons (Fsp3) is 0.150. The number of aromatic nitrogens is 2. The van der Waals surface area contributed by atoms with E-state index < -0.39 is 11.5 Å². The van der Waals surface area contributed by atoms with Crippen molar-refractivity contribution in [3.05, 3.63) is 80.7 Å². The van der Waals surface area contributed by atoms with Crippen LogP contribution < -0.4 is 11.0 Å². The van der Waals surface area contributed by atoms with Crippen LogP contribution in [-0.2, 0) is 0 Å². The lowest BCUT2D eigenvalue weighted by molar-refractivity contribution is 0.0947. The van der Waals surface area contributed by atoms with E-state index in [-0.39, 0.29) is 16.8 Å². The highest BCUT2D eigenvalue weighted by molar-refractivity contribution is 5.94. The van der Waals surface area contributed by atoms with Crippen molar-refractivity contribution in [1.29, 1.82) is 5.26 Å². The van der Waals surface area contributed by atoms with Gasteiger partial charge in [0.15, 0.2) is 5.69 Å². The Morgan fingerprint density at radius 2 is 2.07 bits per heavy atom. The van der Waals surface area contributed by atoms with Crippen LogP contribution in [0.5, 0.6) is 0 Å². The molecule has 3 aromatic rings. The Kier molecular flexibility index (Phi) is 5.18. The molecule has 2 aromatic heterocycles. The summed E-state index contributed by atoms with van der Waals surface area (Å²) in [6, 6.07) is 10.6. The summed E-state index contributed by atoms with van der Waals surface area (Å²) < 4.78 is 6.15. The molecule has 0 aliphatic heterocycles. The van der Waals surface area contributed by atoms with Crippen molar-refractivity contribution in [2.45, 2.75) is 20.8 Å². The molecule has 28 heavy (non-hydrogen) atoms. The standard InChI is InChI=1S/C20H17N5O3/c1-12-6-7-15(9-13(12)2)25-20(27)17(10-21)14(3)18(24-25)19(26)23-22-11-16-5-4-8-28-16/h4-9,11H,1-3H3,(H,23,26)/b22-11+. The molecular weight excluding hydrogens is 358 g/mol. The first kappa shape index (κ1) is 18.8. The van der Waals surface area contributed by atoms with E-state index in [0.29, 0.717) is 11.4 Å². The van der Waals surface area contributed by atoms with Crippen molar-refractivity contribution >= 4 is 12.1 Å². The number of aryl methyl sites for hydroxylation is 2. The van der Waals surface area contributed by atoms with Crippen LogP contribution in [0.1, 0.15) is 38.5 Å². The van der Waals surface area contributed by atoms with Crippen molar-refractivity contribution in [1.82, 2.24) is 15.2 Å². The summed E-state index contributed by atoms with van der Waals surface area (Å²) in [5.41, 5.74) is 4.21. The molecule has 0 aliphatic rings. The van der Waals surface area contributed by atoms with E-state index in [9.17, 15) is 14.9 Å². The van der Waals surface area contributed by atoms with Gasteiger partial charge in [0.2, 0.25) is 0 Å². The Morgan fingerprint density at radius 3 is 2.71 bits per heavy atom. The van der Waals surface area contributed by atoms with Gasteiger partial charge in [0.05, 0.1) is 18.2 Å². The molecule has 0 fully saturated rings. The van der Waals surface area contributed by atoms with E-state index in [1.54, 1.807) is 24.3 Å². The maximum absolute atomic E-state index is 12.7. The smallest absolute Gasteiger partial charge is 0.292 e. The van der Waals surface area contributed by atoms with Crippen LogP contribution in [0.25, 0.3) is 5.69 Å². The maximum Gasteiger partial charge on any atom is 0.292 e. The second-order valence-corrected chi connectivity index (χ2v) is 6.16. The number of hydrazone groups is 1. The molecule has 1 aromatic carbocycles. The number of hydrogen-bond acceptors (Lipinski definition) is 6. The predicted molar refractivity (Wildman–Crippen MR) is 103 cm³/mol. The zero-order chi connectivity index (χ0) is 20.3. The van der Waals surface area contributed by atoms with Crippen LogP contribution in [-0.4, -0.2) is 21.9 Å². The third kappa shape index (κ3) is 3.59. The van der Waals surface area contributed by atoms with Crippen LogP contribution in [0.15, 0.2) is 50.9 Å². The largest absolute Gasteiger partial charge is 0.463 e. The Morgan fingerprint density at radius 1 is 1.29 bits per heavy atom. The topological polar surface area (TPSA) is 113 Å². The van der Waals surface area contributed by atoms with E-state index >= 15 is 0 Å². The number of hydrogen-bond donors (Lipinski definition) is 1. The number of rotatable bonds is 4. The van der Waals surface area contributed by atoms with Gasteiger partial charge >= 0.3 is 0 Å². The predicted octanol–water partition coefficient (Wildman–Crippen LogP) is 2.39. The van der Waals surface area contributed by atoms with E-state index in [1.807, 2.05) is 26.0 Å². The van der Waals surface area contributed by atoms with Gasteiger partial charge in [-0.25, -0.2) is 5.43 Å². The molecule has 1 amide bonds. The van der Waals surface area contributed by atoms with Gasteiger partial charge in [-0.3, -0.25) is 9.59 Å². The molecule has 0 aliphatic carbocycles. The molecule has 0 spiro atoms. The first-order valence-electron chi connectivity index (χ1n) is 8.41. The monoisotopic (exact) mass is 375 g/mol.